The van der Waals surface area contributed by atoms with Gasteiger partial charge in [0.15, 0.2) is 5.76 Å². The van der Waals surface area contributed by atoms with Crippen LogP contribution in [-0.4, -0.2) is 11.8 Å². The lowest BCUT2D eigenvalue weighted by Crippen LogP contribution is -2.41. The summed E-state index contributed by atoms with van der Waals surface area (Å²) in [6.07, 6.45) is 1.40. The van der Waals surface area contributed by atoms with Crippen molar-refractivity contribution in [2.45, 2.75) is 6.92 Å². The summed E-state index contributed by atoms with van der Waals surface area (Å²) in [5, 5.41) is 0.309. The Morgan fingerprint density at radius 1 is 1.11 bits per heavy atom. The predicted molar refractivity (Wildman–Crippen MR) is 69.8 cm³/mol. The number of hydrogen-bond acceptors (Lipinski definition) is 3. The second-order valence-corrected chi connectivity index (χ2v) is 4.23. The standard InChI is InChI=1S/C13H11ClN2O3/c1-8-6-7-19-11(8)13(18)16-15-12(17)9-4-2-3-5-10(9)14/h2-7H,1H3,(H,15,17)(H,16,18). The first kappa shape index (κ1) is 13.2. The number of hydrazine groups is 1. The third-order valence-corrected chi connectivity index (χ3v) is 2.81. The lowest BCUT2D eigenvalue weighted by molar-refractivity contribution is 0.0830. The van der Waals surface area contributed by atoms with Gasteiger partial charge in [-0.3, -0.25) is 20.4 Å². The van der Waals surface area contributed by atoms with Gasteiger partial charge in [-0.05, 0) is 25.1 Å². The van der Waals surface area contributed by atoms with Gasteiger partial charge >= 0.3 is 5.91 Å². The highest BCUT2D eigenvalue weighted by atomic mass is 35.5. The van der Waals surface area contributed by atoms with E-state index in [0.717, 1.165) is 0 Å². The summed E-state index contributed by atoms with van der Waals surface area (Å²) in [6, 6.07) is 8.20. The molecule has 98 valence electrons. The highest BCUT2D eigenvalue weighted by Crippen LogP contribution is 2.14. The lowest BCUT2D eigenvalue weighted by Gasteiger charge is -2.07. The molecule has 1 heterocycles. The van der Waals surface area contributed by atoms with Crippen LogP contribution in [0, 0.1) is 6.92 Å². The maximum atomic E-state index is 11.8. The fourth-order valence-corrected chi connectivity index (χ4v) is 1.71. The van der Waals surface area contributed by atoms with Gasteiger partial charge in [0.05, 0.1) is 16.8 Å². The first-order valence-electron chi connectivity index (χ1n) is 5.49. The Labute approximate surface area is 114 Å². The topological polar surface area (TPSA) is 71.3 Å². The zero-order valence-corrected chi connectivity index (χ0v) is 10.8. The molecule has 0 aliphatic carbocycles. The van der Waals surface area contributed by atoms with Crippen LogP contribution < -0.4 is 10.9 Å². The van der Waals surface area contributed by atoms with E-state index in [2.05, 4.69) is 10.9 Å². The zero-order chi connectivity index (χ0) is 13.8. The van der Waals surface area contributed by atoms with Gasteiger partial charge in [0.1, 0.15) is 0 Å². The molecule has 0 radical (unpaired) electrons. The van der Waals surface area contributed by atoms with Crippen LogP contribution in [0.25, 0.3) is 0 Å². The Morgan fingerprint density at radius 3 is 2.42 bits per heavy atom. The second kappa shape index (κ2) is 5.58. The maximum absolute atomic E-state index is 11.8. The molecule has 6 heteroatoms. The first-order chi connectivity index (χ1) is 9.09. The molecule has 0 fully saturated rings. The van der Waals surface area contributed by atoms with Gasteiger partial charge in [0.25, 0.3) is 5.91 Å². The fourth-order valence-electron chi connectivity index (χ4n) is 1.49. The minimum Gasteiger partial charge on any atom is -0.459 e. The average Bonchev–Trinajstić information content (AvgIpc) is 2.82. The van der Waals surface area contributed by atoms with Crippen LogP contribution in [0.15, 0.2) is 41.0 Å². The third kappa shape index (κ3) is 2.95. The van der Waals surface area contributed by atoms with Crippen LogP contribution in [0.2, 0.25) is 5.02 Å². The summed E-state index contributed by atoms with van der Waals surface area (Å²) in [6.45, 7) is 1.73. The van der Waals surface area contributed by atoms with Crippen molar-refractivity contribution >= 4 is 23.4 Å². The molecule has 2 rings (SSSR count). The van der Waals surface area contributed by atoms with Gasteiger partial charge in [-0.1, -0.05) is 23.7 Å². The molecule has 0 unspecified atom stereocenters. The van der Waals surface area contributed by atoms with E-state index >= 15 is 0 Å². The smallest absolute Gasteiger partial charge is 0.305 e. The van der Waals surface area contributed by atoms with Crippen molar-refractivity contribution < 1.29 is 14.0 Å². The fraction of sp³-hybridized carbons (Fsp3) is 0.0769. The molecule has 2 N–H and O–H groups in total. The van der Waals surface area contributed by atoms with E-state index in [0.29, 0.717) is 10.6 Å². The number of aryl methyl sites for hydroxylation is 1. The molecule has 2 aromatic rings. The van der Waals surface area contributed by atoms with Crippen molar-refractivity contribution in [2.24, 2.45) is 0 Å². The summed E-state index contributed by atoms with van der Waals surface area (Å²) in [5.41, 5.74) is 5.50. The zero-order valence-electron chi connectivity index (χ0n) is 10.1. The van der Waals surface area contributed by atoms with E-state index in [4.69, 9.17) is 16.0 Å². The van der Waals surface area contributed by atoms with E-state index in [-0.39, 0.29) is 11.3 Å². The molecule has 2 amide bonds. The van der Waals surface area contributed by atoms with Gasteiger partial charge in [-0.25, -0.2) is 0 Å². The van der Waals surface area contributed by atoms with E-state index in [1.54, 1.807) is 37.3 Å². The number of furan rings is 1. The molecule has 1 aromatic heterocycles. The molecule has 0 bridgehead atoms. The van der Waals surface area contributed by atoms with E-state index in [1.165, 1.54) is 6.26 Å². The Bertz CT molecular complexity index is 622. The Balaban J connectivity index is 2.00. The summed E-state index contributed by atoms with van der Waals surface area (Å²) < 4.78 is 5.00. The highest BCUT2D eigenvalue weighted by Gasteiger charge is 2.14. The molecule has 5 nitrogen and oxygen atoms in total. The monoisotopic (exact) mass is 278 g/mol. The van der Waals surface area contributed by atoms with Crippen molar-refractivity contribution in [3.8, 4) is 0 Å². The summed E-state index contributed by atoms with van der Waals surface area (Å²) >= 11 is 5.87. The summed E-state index contributed by atoms with van der Waals surface area (Å²) in [4.78, 5) is 23.5. The number of nitrogens with one attached hydrogen (secondary N) is 2. The van der Waals surface area contributed by atoms with Gasteiger partial charge < -0.3 is 4.42 Å². The van der Waals surface area contributed by atoms with Crippen molar-refractivity contribution in [3.63, 3.8) is 0 Å². The predicted octanol–water partition coefficient (Wildman–Crippen LogP) is 2.32. The van der Waals surface area contributed by atoms with Crippen molar-refractivity contribution in [2.75, 3.05) is 0 Å². The Morgan fingerprint density at radius 2 is 1.79 bits per heavy atom. The molecular weight excluding hydrogens is 268 g/mol. The van der Waals surface area contributed by atoms with Crippen molar-refractivity contribution in [1.29, 1.82) is 0 Å². The van der Waals surface area contributed by atoms with Gasteiger partial charge in [0.2, 0.25) is 0 Å². The Hall–Kier alpha value is -2.27. The molecule has 0 saturated carbocycles. The molecule has 19 heavy (non-hydrogen) atoms. The van der Waals surface area contributed by atoms with Gasteiger partial charge in [-0.15, -0.1) is 0 Å². The van der Waals surface area contributed by atoms with E-state index in [1.807, 2.05) is 0 Å². The molecule has 0 aliphatic heterocycles. The molecule has 0 spiro atoms. The highest BCUT2D eigenvalue weighted by molar-refractivity contribution is 6.33. The second-order valence-electron chi connectivity index (χ2n) is 3.82. The number of carbonyl (C=O) groups excluding carboxylic acids is 2. The van der Waals surface area contributed by atoms with Crippen LogP contribution in [0.5, 0.6) is 0 Å². The van der Waals surface area contributed by atoms with Crippen LogP contribution in [0.4, 0.5) is 0 Å². The Kier molecular flexibility index (Phi) is 3.87. The number of carbonyl (C=O) groups is 2. The molecule has 0 atom stereocenters. The molecule has 0 saturated heterocycles. The normalized spacial score (nSPS) is 10.0. The van der Waals surface area contributed by atoms with Gasteiger partial charge in [-0.2, -0.15) is 0 Å². The summed E-state index contributed by atoms with van der Waals surface area (Å²) in [7, 11) is 0. The number of benzene rings is 1. The third-order valence-electron chi connectivity index (χ3n) is 2.48. The maximum Gasteiger partial charge on any atom is 0.305 e. The van der Waals surface area contributed by atoms with Crippen molar-refractivity contribution in [3.05, 3.63) is 58.5 Å². The van der Waals surface area contributed by atoms with E-state index < -0.39 is 11.8 Å². The molecule has 0 aliphatic rings. The number of rotatable bonds is 2. The minimum atomic E-state index is -0.525. The van der Waals surface area contributed by atoms with Crippen molar-refractivity contribution in [1.82, 2.24) is 10.9 Å². The molecule has 1 aromatic carbocycles. The SMILES string of the molecule is Cc1ccoc1C(=O)NNC(=O)c1ccccc1Cl. The minimum absolute atomic E-state index is 0.152. The van der Waals surface area contributed by atoms with E-state index in [9.17, 15) is 9.59 Å². The first-order valence-corrected chi connectivity index (χ1v) is 5.86. The van der Waals surface area contributed by atoms with Crippen LogP contribution in [-0.2, 0) is 0 Å². The molecular formula is C13H11ClN2O3. The van der Waals surface area contributed by atoms with Crippen LogP contribution in [0.3, 0.4) is 0 Å². The van der Waals surface area contributed by atoms with Crippen LogP contribution in [0.1, 0.15) is 26.5 Å². The number of hydrogen-bond donors (Lipinski definition) is 2. The number of amides is 2. The van der Waals surface area contributed by atoms with Gasteiger partial charge in [0, 0.05) is 5.56 Å². The summed E-state index contributed by atoms with van der Waals surface area (Å²) in [5.74, 6) is -0.870. The quantitative estimate of drug-likeness (QED) is 0.828. The lowest BCUT2D eigenvalue weighted by atomic mass is 10.2. The largest absolute Gasteiger partial charge is 0.459 e. The number of halogens is 1. The average molecular weight is 279 g/mol. The van der Waals surface area contributed by atoms with Crippen LogP contribution >= 0.6 is 11.6 Å².